The van der Waals surface area contributed by atoms with Crippen LogP contribution in [0.1, 0.15) is 44.9 Å². The fourth-order valence-corrected chi connectivity index (χ4v) is 6.57. The van der Waals surface area contributed by atoms with E-state index in [-0.39, 0.29) is 11.2 Å². The number of alkyl halides is 1. The van der Waals surface area contributed by atoms with Gasteiger partial charge in [0.2, 0.25) is 10.0 Å². The van der Waals surface area contributed by atoms with Gasteiger partial charge in [-0.05, 0) is 68.1 Å². The van der Waals surface area contributed by atoms with Crippen molar-refractivity contribution in [2.24, 2.45) is 23.2 Å². The van der Waals surface area contributed by atoms with E-state index in [1.807, 2.05) is 0 Å². The average Bonchev–Trinajstić information content (AvgIpc) is 2.33. The molecule has 19 heavy (non-hydrogen) atoms. The van der Waals surface area contributed by atoms with Gasteiger partial charge in [0.25, 0.3) is 0 Å². The second-order valence-corrected chi connectivity index (χ2v) is 9.40. The minimum atomic E-state index is -3.12. The lowest BCUT2D eigenvalue weighted by molar-refractivity contribution is -0.0487. The van der Waals surface area contributed by atoms with Crippen LogP contribution in [0.5, 0.6) is 0 Å². The van der Waals surface area contributed by atoms with E-state index in [1.54, 1.807) is 0 Å². The molecule has 4 bridgehead atoms. The highest BCUT2D eigenvalue weighted by molar-refractivity contribution is 7.89. The van der Waals surface area contributed by atoms with Crippen molar-refractivity contribution >= 4 is 21.6 Å². The van der Waals surface area contributed by atoms with Gasteiger partial charge in [0, 0.05) is 12.4 Å². The summed E-state index contributed by atoms with van der Waals surface area (Å²) in [7, 11) is -3.12. The average molecular weight is 306 g/mol. The van der Waals surface area contributed by atoms with Crippen LogP contribution in [0.4, 0.5) is 0 Å². The Morgan fingerprint density at radius 3 is 2.05 bits per heavy atom. The van der Waals surface area contributed by atoms with Crippen LogP contribution in [-0.4, -0.2) is 26.6 Å². The summed E-state index contributed by atoms with van der Waals surface area (Å²) >= 11 is 5.57. The van der Waals surface area contributed by atoms with Gasteiger partial charge >= 0.3 is 0 Å². The summed E-state index contributed by atoms with van der Waals surface area (Å²) < 4.78 is 26.7. The van der Waals surface area contributed by atoms with Gasteiger partial charge in [0.1, 0.15) is 0 Å². The smallest absolute Gasteiger partial charge is 0.211 e. The zero-order valence-electron chi connectivity index (χ0n) is 11.4. The molecule has 0 aromatic carbocycles. The lowest BCUT2D eigenvalue weighted by Gasteiger charge is -2.56. The Morgan fingerprint density at radius 1 is 1.05 bits per heavy atom. The molecule has 0 radical (unpaired) electrons. The van der Waals surface area contributed by atoms with Crippen LogP contribution >= 0.6 is 11.6 Å². The molecule has 0 spiro atoms. The number of hydrogen-bond acceptors (Lipinski definition) is 2. The fourth-order valence-electron chi connectivity index (χ4n) is 5.09. The van der Waals surface area contributed by atoms with E-state index in [2.05, 4.69) is 4.72 Å². The van der Waals surface area contributed by atoms with Gasteiger partial charge in [-0.15, -0.1) is 11.6 Å². The number of rotatable bonds is 6. The number of sulfonamides is 1. The van der Waals surface area contributed by atoms with Crippen molar-refractivity contribution < 1.29 is 8.42 Å². The fraction of sp³-hybridized carbons (Fsp3) is 1.00. The predicted molar refractivity (Wildman–Crippen MR) is 77.7 cm³/mol. The highest BCUT2D eigenvalue weighted by atomic mass is 35.5. The highest BCUT2D eigenvalue weighted by Gasteiger charge is 2.50. The minimum absolute atomic E-state index is 0.170. The Balaban J connectivity index is 1.61. The van der Waals surface area contributed by atoms with Crippen molar-refractivity contribution in [1.29, 1.82) is 0 Å². The van der Waals surface area contributed by atoms with Crippen LogP contribution in [0.2, 0.25) is 0 Å². The first-order valence-electron chi connectivity index (χ1n) is 7.54. The van der Waals surface area contributed by atoms with Crippen LogP contribution in [0.3, 0.4) is 0 Å². The van der Waals surface area contributed by atoms with Gasteiger partial charge in [-0.3, -0.25) is 0 Å². The van der Waals surface area contributed by atoms with E-state index in [0.717, 1.165) is 17.8 Å². The molecular weight excluding hydrogens is 282 g/mol. The van der Waals surface area contributed by atoms with E-state index < -0.39 is 10.0 Å². The van der Waals surface area contributed by atoms with Crippen molar-refractivity contribution in [3.8, 4) is 0 Å². The van der Waals surface area contributed by atoms with Gasteiger partial charge in [-0.1, -0.05) is 0 Å². The standard InChI is InChI=1S/C14H24ClNO2S/c15-2-1-3-19(17,18)16-10-14-7-11-4-12(8-14)6-13(5-11)9-14/h11-13,16H,1-10H2. The lowest BCUT2D eigenvalue weighted by atomic mass is 9.50. The van der Waals surface area contributed by atoms with Gasteiger partial charge in [0.05, 0.1) is 5.75 Å². The van der Waals surface area contributed by atoms with Gasteiger partial charge in [-0.2, -0.15) is 0 Å². The Hall–Kier alpha value is 0.200. The molecule has 0 saturated heterocycles. The third-order valence-electron chi connectivity index (χ3n) is 5.38. The van der Waals surface area contributed by atoms with Crippen LogP contribution in [0, 0.1) is 23.2 Å². The maximum absolute atomic E-state index is 11.9. The SMILES string of the molecule is O=S(=O)(CCCCl)NCC12CC3CC(CC(C3)C1)C2. The molecule has 4 saturated carbocycles. The van der Waals surface area contributed by atoms with Gasteiger partial charge in [-0.25, -0.2) is 13.1 Å². The first kappa shape index (κ1) is 14.2. The molecule has 0 unspecified atom stereocenters. The van der Waals surface area contributed by atoms with E-state index in [4.69, 9.17) is 11.6 Å². The molecule has 0 heterocycles. The van der Waals surface area contributed by atoms with E-state index in [9.17, 15) is 8.42 Å². The van der Waals surface area contributed by atoms with Crippen molar-refractivity contribution in [3.05, 3.63) is 0 Å². The molecule has 110 valence electrons. The summed E-state index contributed by atoms with van der Waals surface area (Å²) in [6.45, 7) is 0.668. The quantitative estimate of drug-likeness (QED) is 0.767. The largest absolute Gasteiger partial charge is 0.215 e. The Morgan fingerprint density at radius 2 is 1.58 bits per heavy atom. The summed E-state index contributed by atoms with van der Waals surface area (Å²) in [6, 6.07) is 0. The lowest BCUT2D eigenvalue weighted by Crippen LogP contribution is -2.51. The molecule has 1 N–H and O–H groups in total. The maximum atomic E-state index is 11.9. The Labute approximate surface area is 121 Å². The molecule has 0 atom stereocenters. The molecule has 4 rings (SSSR count). The van der Waals surface area contributed by atoms with Crippen LogP contribution in [0.15, 0.2) is 0 Å². The van der Waals surface area contributed by atoms with E-state index in [1.165, 1.54) is 38.5 Å². The van der Waals surface area contributed by atoms with Gasteiger partial charge in [0.15, 0.2) is 0 Å². The first-order chi connectivity index (χ1) is 9.00. The summed E-state index contributed by atoms with van der Waals surface area (Å²) in [5.74, 6) is 3.21. The summed E-state index contributed by atoms with van der Waals surface area (Å²) in [5.41, 5.74) is 0.281. The van der Waals surface area contributed by atoms with Crippen LogP contribution in [-0.2, 0) is 10.0 Å². The minimum Gasteiger partial charge on any atom is -0.215 e. The summed E-state index contributed by atoms with van der Waals surface area (Å²) in [6.07, 6.45) is 8.48. The molecule has 4 aliphatic rings. The van der Waals surface area contributed by atoms with Crippen molar-refractivity contribution in [3.63, 3.8) is 0 Å². The highest BCUT2D eigenvalue weighted by Crippen LogP contribution is 2.59. The molecule has 0 amide bonds. The van der Waals surface area contributed by atoms with Crippen LogP contribution < -0.4 is 4.72 Å². The number of nitrogens with one attached hydrogen (secondary N) is 1. The maximum Gasteiger partial charge on any atom is 0.211 e. The van der Waals surface area contributed by atoms with E-state index >= 15 is 0 Å². The molecule has 4 fully saturated rings. The first-order valence-corrected chi connectivity index (χ1v) is 9.72. The van der Waals surface area contributed by atoms with Crippen molar-refractivity contribution in [1.82, 2.24) is 4.72 Å². The third kappa shape index (κ3) is 3.11. The number of hydrogen-bond donors (Lipinski definition) is 1. The molecule has 3 nitrogen and oxygen atoms in total. The Kier molecular flexibility index (Phi) is 3.87. The molecule has 0 aliphatic heterocycles. The number of halogens is 1. The van der Waals surface area contributed by atoms with E-state index in [0.29, 0.717) is 18.8 Å². The molecule has 5 heteroatoms. The van der Waals surface area contributed by atoms with Crippen molar-refractivity contribution in [2.75, 3.05) is 18.2 Å². The zero-order chi connectivity index (χ0) is 13.5. The van der Waals surface area contributed by atoms with Crippen molar-refractivity contribution in [2.45, 2.75) is 44.9 Å². The summed E-state index contributed by atoms with van der Waals surface area (Å²) in [4.78, 5) is 0. The Bertz CT molecular complexity index is 399. The third-order valence-corrected chi connectivity index (χ3v) is 7.06. The second-order valence-electron chi connectivity index (χ2n) is 7.10. The monoisotopic (exact) mass is 305 g/mol. The molecular formula is C14H24ClNO2S. The van der Waals surface area contributed by atoms with Crippen LogP contribution in [0.25, 0.3) is 0 Å². The zero-order valence-corrected chi connectivity index (χ0v) is 13.0. The van der Waals surface area contributed by atoms with Gasteiger partial charge < -0.3 is 0 Å². The topological polar surface area (TPSA) is 46.2 Å². The normalized spacial score (nSPS) is 40.8. The predicted octanol–water partition coefficient (Wildman–Crippen LogP) is 2.75. The molecule has 0 aromatic heterocycles. The second kappa shape index (κ2) is 5.19. The molecule has 4 aliphatic carbocycles. The molecule has 0 aromatic rings. The summed E-state index contributed by atoms with van der Waals surface area (Å²) in [5, 5.41) is 0.